The Hall–Kier alpha value is -0.870. The van der Waals surface area contributed by atoms with Crippen molar-refractivity contribution in [2.75, 3.05) is 11.9 Å². The average Bonchev–Trinajstić information content (AvgIpc) is 2.19. The molecule has 0 radical (unpaired) electrons. The number of aromatic nitrogens is 1. The third-order valence-corrected chi connectivity index (χ3v) is 2.67. The summed E-state index contributed by atoms with van der Waals surface area (Å²) in [5.41, 5.74) is 0.913. The largest absolute Gasteiger partial charge is 0.394 e. The average molecular weight is 257 g/mol. The Morgan fingerprint density at radius 1 is 1.71 bits per heavy atom. The Morgan fingerprint density at radius 2 is 2.43 bits per heavy atom. The van der Waals surface area contributed by atoms with Crippen LogP contribution in [0.25, 0.3) is 0 Å². The molecule has 4 heteroatoms. The first-order valence-electron chi connectivity index (χ1n) is 4.30. The van der Waals surface area contributed by atoms with Crippen molar-refractivity contribution < 1.29 is 5.11 Å². The van der Waals surface area contributed by atoms with Gasteiger partial charge in [-0.3, -0.25) is 0 Å². The molecule has 1 unspecified atom stereocenters. The first-order valence-corrected chi connectivity index (χ1v) is 5.09. The van der Waals surface area contributed by atoms with Crippen molar-refractivity contribution in [3.8, 4) is 0 Å². The molecule has 0 fully saturated rings. The molecular formula is C10H13BrN2O. The molecule has 3 nitrogen and oxygen atoms in total. The number of pyridine rings is 1. The second kappa shape index (κ2) is 5.12. The van der Waals surface area contributed by atoms with Crippen LogP contribution in [0.3, 0.4) is 0 Å². The van der Waals surface area contributed by atoms with Crippen molar-refractivity contribution >= 4 is 21.7 Å². The second-order valence-electron chi connectivity index (χ2n) is 2.93. The highest BCUT2D eigenvalue weighted by Crippen LogP contribution is 2.16. The van der Waals surface area contributed by atoms with Crippen LogP contribution in [-0.4, -0.2) is 22.7 Å². The fourth-order valence-corrected chi connectivity index (χ4v) is 1.21. The van der Waals surface area contributed by atoms with Gasteiger partial charge in [-0.15, -0.1) is 6.58 Å². The molecule has 14 heavy (non-hydrogen) atoms. The minimum absolute atomic E-state index is 0.0142. The SMILES string of the molecule is C=CC(CO)Nc1ccc(Br)c(C)n1. The van der Waals surface area contributed by atoms with E-state index in [0.717, 1.165) is 16.0 Å². The minimum Gasteiger partial charge on any atom is -0.394 e. The summed E-state index contributed by atoms with van der Waals surface area (Å²) in [5.74, 6) is 0.740. The van der Waals surface area contributed by atoms with Gasteiger partial charge in [0.25, 0.3) is 0 Å². The second-order valence-corrected chi connectivity index (χ2v) is 3.79. The first-order chi connectivity index (χ1) is 6.67. The Labute approximate surface area is 92.0 Å². The Morgan fingerprint density at radius 3 is 2.93 bits per heavy atom. The monoisotopic (exact) mass is 256 g/mol. The van der Waals surface area contributed by atoms with Gasteiger partial charge < -0.3 is 10.4 Å². The summed E-state index contributed by atoms with van der Waals surface area (Å²) in [5, 5.41) is 12.0. The van der Waals surface area contributed by atoms with Crippen molar-refractivity contribution in [1.29, 1.82) is 0 Å². The molecular weight excluding hydrogens is 244 g/mol. The van der Waals surface area contributed by atoms with Crippen LogP contribution in [0.4, 0.5) is 5.82 Å². The number of aliphatic hydroxyl groups excluding tert-OH is 1. The number of aryl methyl sites for hydroxylation is 1. The zero-order valence-corrected chi connectivity index (χ0v) is 9.58. The number of hydrogen-bond donors (Lipinski definition) is 2. The molecule has 0 amide bonds. The van der Waals surface area contributed by atoms with E-state index >= 15 is 0 Å². The highest BCUT2D eigenvalue weighted by molar-refractivity contribution is 9.10. The van der Waals surface area contributed by atoms with Crippen molar-refractivity contribution in [2.24, 2.45) is 0 Å². The number of rotatable bonds is 4. The van der Waals surface area contributed by atoms with E-state index in [1.807, 2.05) is 19.1 Å². The fourth-order valence-electron chi connectivity index (χ4n) is 0.993. The molecule has 0 aliphatic rings. The van der Waals surface area contributed by atoms with E-state index in [2.05, 4.69) is 32.8 Å². The molecule has 1 heterocycles. The van der Waals surface area contributed by atoms with Crippen LogP contribution >= 0.6 is 15.9 Å². The molecule has 76 valence electrons. The normalized spacial score (nSPS) is 12.2. The summed E-state index contributed by atoms with van der Waals surface area (Å²) in [6.45, 7) is 5.54. The lowest BCUT2D eigenvalue weighted by atomic mass is 10.3. The summed E-state index contributed by atoms with van der Waals surface area (Å²) in [4.78, 5) is 4.29. The van der Waals surface area contributed by atoms with E-state index in [9.17, 15) is 0 Å². The summed E-state index contributed by atoms with van der Waals surface area (Å²) in [6, 6.07) is 3.62. The zero-order chi connectivity index (χ0) is 10.6. The summed E-state index contributed by atoms with van der Waals surface area (Å²) < 4.78 is 0.974. The molecule has 0 aliphatic carbocycles. The maximum atomic E-state index is 8.94. The van der Waals surface area contributed by atoms with Gasteiger partial charge in [-0.1, -0.05) is 6.08 Å². The maximum absolute atomic E-state index is 8.94. The van der Waals surface area contributed by atoms with Gasteiger partial charge in [-0.05, 0) is 35.0 Å². The van der Waals surface area contributed by atoms with Gasteiger partial charge in [0, 0.05) is 4.47 Å². The van der Waals surface area contributed by atoms with Crippen LogP contribution in [0.1, 0.15) is 5.69 Å². The van der Waals surface area contributed by atoms with Gasteiger partial charge in [0.05, 0.1) is 18.3 Å². The summed E-state index contributed by atoms with van der Waals surface area (Å²) in [7, 11) is 0. The number of nitrogens with one attached hydrogen (secondary N) is 1. The van der Waals surface area contributed by atoms with Gasteiger partial charge in [0.1, 0.15) is 5.82 Å². The predicted molar refractivity (Wildman–Crippen MR) is 61.4 cm³/mol. The van der Waals surface area contributed by atoms with E-state index < -0.39 is 0 Å². The fraction of sp³-hybridized carbons (Fsp3) is 0.300. The first kappa shape index (κ1) is 11.2. The summed E-state index contributed by atoms with van der Waals surface area (Å²) >= 11 is 3.37. The van der Waals surface area contributed by atoms with Gasteiger partial charge >= 0.3 is 0 Å². The smallest absolute Gasteiger partial charge is 0.126 e. The molecule has 0 bridgehead atoms. The standard InChI is InChI=1S/C10H13BrN2O/c1-3-8(6-14)13-10-5-4-9(11)7(2)12-10/h3-5,8,14H,1,6H2,2H3,(H,12,13). The van der Waals surface area contributed by atoms with Crippen molar-refractivity contribution in [3.05, 3.63) is 35.0 Å². The number of nitrogens with zero attached hydrogens (tertiary/aromatic N) is 1. The van der Waals surface area contributed by atoms with Crippen molar-refractivity contribution in [2.45, 2.75) is 13.0 Å². The third-order valence-electron chi connectivity index (χ3n) is 1.84. The Balaban J connectivity index is 2.76. The molecule has 1 aromatic heterocycles. The van der Waals surface area contributed by atoms with Crippen LogP contribution in [0.2, 0.25) is 0 Å². The molecule has 2 N–H and O–H groups in total. The topological polar surface area (TPSA) is 45.1 Å². The van der Waals surface area contributed by atoms with Crippen LogP contribution in [0, 0.1) is 6.92 Å². The number of anilines is 1. The van der Waals surface area contributed by atoms with Crippen LogP contribution in [0.5, 0.6) is 0 Å². The van der Waals surface area contributed by atoms with Gasteiger partial charge in [0.15, 0.2) is 0 Å². The Kier molecular flexibility index (Phi) is 4.10. The van der Waals surface area contributed by atoms with Gasteiger partial charge in [0.2, 0.25) is 0 Å². The molecule has 0 aliphatic heterocycles. The molecule has 1 rings (SSSR count). The maximum Gasteiger partial charge on any atom is 0.126 e. The molecule has 1 aromatic rings. The number of aliphatic hydroxyl groups is 1. The number of halogens is 1. The van der Waals surface area contributed by atoms with Crippen LogP contribution in [-0.2, 0) is 0 Å². The molecule has 0 spiro atoms. The highest BCUT2D eigenvalue weighted by Gasteiger charge is 2.03. The Bertz CT molecular complexity index is 328. The van der Waals surface area contributed by atoms with E-state index in [1.165, 1.54) is 0 Å². The lowest BCUT2D eigenvalue weighted by Gasteiger charge is -2.12. The molecule has 0 saturated carbocycles. The zero-order valence-electron chi connectivity index (χ0n) is 8.00. The van der Waals surface area contributed by atoms with E-state index in [1.54, 1.807) is 6.08 Å². The van der Waals surface area contributed by atoms with E-state index in [-0.39, 0.29) is 12.6 Å². The summed E-state index contributed by atoms with van der Waals surface area (Å²) in [6.07, 6.45) is 1.65. The lowest BCUT2D eigenvalue weighted by molar-refractivity contribution is 0.290. The molecule has 0 saturated heterocycles. The van der Waals surface area contributed by atoms with Crippen LogP contribution < -0.4 is 5.32 Å². The van der Waals surface area contributed by atoms with E-state index in [4.69, 9.17) is 5.11 Å². The number of hydrogen-bond acceptors (Lipinski definition) is 3. The van der Waals surface area contributed by atoms with Gasteiger partial charge in [-0.2, -0.15) is 0 Å². The highest BCUT2D eigenvalue weighted by atomic mass is 79.9. The lowest BCUT2D eigenvalue weighted by Crippen LogP contribution is -2.21. The molecule has 0 aromatic carbocycles. The van der Waals surface area contributed by atoms with Crippen molar-refractivity contribution in [1.82, 2.24) is 4.98 Å². The predicted octanol–water partition coefficient (Wildman–Crippen LogP) is 2.11. The quantitative estimate of drug-likeness (QED) is 0.812. The minimum atomic E-state index is -0.150. The molecule has 1 atom stereocenters. The van der Waals surface area contributed by atoms with E-state index in [0.29, 0.717) is 0 Å². The van der Waals surface area contributed by atoms with Crippen molar-refractivity contribution in [3.63, 3.8) is 0 Å². The van der Waals surface area contributed by atoms with Crippen LogP contribution in [0.15, 0.2) is 29.3 Å². The van der Waals surface area contributed by atoms with Gasteiger partial charge in [-0.25, -0.2) is 4.98 Å². The third kappa shape index (κ3) is 2.82.